The van der Waals surface area contributed by atoms with E-state index in [1.165, 1.54) is 0 Å². The van der Waals surface area contributed by atoms with Gasteiger partial charge < -0.3 is 24.3 Å². The van der Waals surface area contributed by atoms with E-state index in [0.29, 0.717) is 42.2 Å². The molecule has 0 saturated heterocycles. The molecule has 0 fully saturated rings. The second-order valence-corrected chi connectivity index (χ2v) is 10.2. The van der Waals surface area contributed by atoms with Crippen LogP contribution in [0.15, 0.2) is 96.3 Å². The zero-order valence-electron chi connectivity index (χ0n) is 23.6. The molecule has 1 N–H and O–H groups in total. The van der Waals surface area contributed by atoms with Crippen LogP contribution in [0.2, 0.25) is 0 Å². The van der Waals surface area contributed by atoms with Gasteiger partial charge in [0.05, 0.1) is 20.8 Å². The molecule has 1 aliphatic heterocycles. The fourth-order valence-electron chi connectivity index (χ4n) is 5.76. The quantitative estimate of drug-likeness (QED) is 0.322. The summed E-state index contributed by atoms with van der Waals surface area (Å²) in [7, 11) is 3.21. The zero-order chi connectivity index (χ0) is 28.9. The number of hydrogen-bond donors (Lipinski definition) is 1. The van der Waals surface area contributed by atoms with E-state index in [1.54, 1.807) is 21.1 Å². The van der Waals surface area contributed by atoms with Crippen LogP contribution in [-0.2, 0) is 20.9 Å². The molecule has 0 spiro atoms. The predicted molar refractivity (Wildman–Crippen MR) is 156 cm³/mol. The molecular weight excluding hydrogens is 518 g/mol. The van der Waals surface area contributed by atoms with E-state index in [2.05, 4.69) is 11.9 Å². The summed E-state index contributed by atoms with van der Waals surface area (Å²) in [6.45, 7) is 6.58. The number of carbonyl (C=O) groups excluding carboxylic acids is 2. The smallest absolute Gasteiger partial charge is 0.315 e. The van der Waals surface area contributed by atoms with E-state index in [9.17, 15) is 9.59 Å². The van der Waals surface area contributed by atoms with Gasteiger partial charge in [-0.15, -0.1) is 0 Å². The van der Waals surface area contributed by atoms with Crippen LogP contribution in [0.3, 0.4) is 0 Å². The number of nitrogens with one attached hydrogen (secondary N) is 1. The first-order chi connectivity index (χ1) is 19.9. The first kappa shape index (κ1) is 28.0. The molecule has 1 aliphatic carbocycles. The molecule has 1 heterocycles. The minimum atomic E-state index is -0.768. The lowest BCUT2D eigenvalue weighted by molar-refractivity contribution is -0.147. The third-order valence-corrected chi connectivity index (χ3v) is 7.75. The molecule has 0 radical (unpaired) electrons. The minimum Gasteiger partial charge on any atom is -0.497 e. The second kappa shape index (κ2) is 12.3. The topological polar surface area (TPSA) is 83.1 Å². The molecule has 0 bridgehead atoms. The van der Waals surface area contributed by atoms with E-state index in [-0.39, 0.29) is 18.3 Å². The normalized spacial score (nSPS) is 20.1. The van der Waals surface area contributed by atoms with Gasteiger partial charge in [0.15, 0.2) is 17.3 Å². The van der Waals surface area contributed by atoms with Crippen molar-refractivity contribution in [2.24, 2.45) is 5.92 Å². The number of carbonyl (C=O) groups is 2. The molecule has 3 aromatic rings. The second-order valence-electron chi connectivity index (χ2n) is 10.2. The van der Waals surface area contributed by atoms with Crippen molar-refractivity contribution in [3.8, 4) is 17.2 Å². The molecule has 3 atom stereocenters. The van der Waals surface area contributed by atoms with Gasteiger partial charge in [-0.05, 0) is 60.2 Å². The van der Waals surface area contributed by atoms with Crippen LogP contribution in [0.5, 0.6) is 17.2 Å². The standard InChI is InChI=1S/C34H35NO6/c1-5-40-34(37)31-21(2)35-27-17-25(23-11-14-26(38-3)15-12-23)18-28(36)33(27)32(31)24-13-16-29(30(19-24)39-4)41-20-22-9-7-6-8-10-22/h6-16,19,25,31-32,35H,2,5,17-18,20H2,1,3-4H3. The summed E-state index contributed by atoms with van der Waals surface area (Å²) in [6.07, 6.45) is 0.953. The lowest BCUT2D eigenvalue weighted by Gasteiger charge is -2.40. The van der Waals surface area contributed by atoms with Crippen LogP contribution in [0.25, 0.3) is 0 Å². The number of esters is 1. The summed E-state index contributed by atoms with van der Waals surface area (Å²) in [6, 6.07) is 23.3. The average molecular weight is 554 g/mol. The fraction of sp³-hybridized carbons (Fsp3) is 0.294. The Morgan fingerprint density at radius 2 is 1.66 bits per heavy atom. The van der Waals surface area contributed by atoms with Crippen LogP contribution in [-0.4, -0.2) is 32.6 Å². The number of Topliss-reactive ketones (excluding diaryl/α,β-unsaturated/α-hetero) is 1. The maximum atomic E-state index is 13.9. The van der Waals surface area contributed by atoms with Gasteiger partial charge in [0.1, 0.15) is 18.3 Å². The molecule has 2 aliphatic rings. The zero-order valence-corrected chi connectivity index (χ0v) is 23.6. The molecule has 0 saturated carbocycles. The van der Waals surface area contributed by atoms with Crippen LogP contribution in [0, 0.1) is 5.92 Å². The Kier molecular flexibility index (Phi) is 8.43. The molecule has 7 heteroatoms. The fourth-order valence-corrected chi connectivity index (χ4v) is 5.76. The summed E-state index contributed by atoms with van der Waals surface area (Å²) in [5, 5.41) is 3.32. The van der Waals surface area contributed by atoms with Crippen LogP contribution in [0.4, 0.5) is 0 Å². The monoisotopic (exact) mass is 553 g/mol. The third kappa shape index (κ3) is 5.85. The number of allylic oxidation sites excluding steroid dienone is 2. The lowest BCUT2D eigenvalue weighted by atomic mass is 9.69. The maximum Gasteiger partial charge on any atom is 0.315 e. The number of hydrogen-bond acceptors (Lipinski definition) is 7. The molecule has 5 rings (SSSR count). The van der Waals surface area contributed by atoms with Gasteiger partial charge in [0.2, 0.25) is 0 Å². The van der Waals surface area contributed by atoms with E-state index in [4.69, 9.17) is 18.9 Å². The lowest BCUT2D eigenvalue weighted by Crippen LogP contribution is -2.42. The highest BCUT2D eigenvalue weighted by Crippen LogP contribution is 2.48. The summed E-state index contributed by atoms with van der Waals surface area (Å²) >= 11 is 0. The third-order valence-electron chi connectivity index (χ3n) is 7.75. The van der Waals surface area contributed by atoms with Crippen molar-refractivity contribution in [1.29, 1.82) is 0 Å². The molecule has 0 amide bonds. The minimum absolute atomic E-state index is 0.00412. The van der Waals surface area contributed by atoms with Crippen molar-refractivity contribution in [1.82, 2.24) is 5.32 Å². The van der Waals surface area contributed by atoms with Crippen LogP contribution in [0.1, 0.15) is 48.3 Å². The number of ether oxygens (including phenoxy) is 4. The SMILES string of the molecule is C=C1NC2=C(C(=O)CC(c3ccc(OC)cc3)C2)C(c2ccc(OCc3ccccc3)c(OC)c2)C1C(=O)OCC. The van der Waals surface area contributed by atoms with Crippen molar-refractivity contribution in [3.63, 3.8) is 0 Å². The van der Waals surface area contributed by atoms with E-state index in [0.717, 1.165) is 28.1 Å². The van der Waals surface area contributed by atoms with Crippen molar-refractivity contribution in [3.05, 3.63) is 113 Å². The van der Waals surface area contributed by atoms with Crippen molar-refractivity contribution < 1.29 is 28.5 Å². The number of ketones is 1. The molecule has 3 aromatic carbocycles. The van der Waals surface area contributed by atoms with Crippen molar-refractivity contribution in [2.75, 3.05) is 20.8 Å². The summed E-state index contributed by atoms with van der Waals surface area (Å²) in [4.78, 5) is 27.1. The number of methoxy groups -OCH3 is 2. The molecule has 0 aromatic heterocycles. The molecular formula is C34H35NO6. The van der Waals surface area contributed by atoms with Gasteiger partial charge in [-0.1, -0.05) is 55.1 Å². The van der Waals surface area contributed by atoms with Gasteiger partial charge in [0.25, 0.3) is 0 Å². The van der Waals surface area contributed by atoms with Gasteiger partial charge in [-0.3, -0.25) is 9.59 Å². The van der Waals surface area contributed by atoms with Crippen LogP contribution < -0.4 is 19.5 Å². The molecule has 212 valence electrons. The Morgan fingerprint density at radius 3 is 2.34 bits per heavy atom. The first-order valence-electron chi connectivity index (χ1n) is 13.8. The number of benzene rings is 3. The Labute approximate surface area is 240 Å². The Bertz CT molecular complexity index is 1460. The summed E-state index contributed by atoms with van der Waals surface area (Å²) in [5.41, 5.74) is 4.76. The van der Waals surface area contributed by atoms with Gasteiger partial charge in [-0.2, -0.15) is 0 Å². The highest BCUT2D eigenvalue weighted by Gasteiger charge is 2.45. The van der Waals surface area contributed by atoms with Gasteiger partial charge >= 0.3 is 5.97 Å². The Balaban J connectivity index is 1.51. The van der Waals surface area contributed by atoms with Crippen LogP contribution >= 0.6 is 0 Å². The molecule has 41 heavy (non-hydrogen) atoms. The summed E-state index contributed by atoms with van der Waals surface area (Å²) in [5.74, 6) is 0.0916. The first-order valence-corrected chi connectivity index (χ1v) is 13.8. The average Bonchev–Trinajstić information content (AvgIpc) is 2.99. The maximum absolute atomic E-state index is 13.9. The highest BCUT2D eigenvalue weighted by molar-refractivity contribution is 6.01. The highest BCUT2D eigenvalue weighted by atomic mass is 16.5. The Hall–Kier alpha value is -4.52. The largest absolute Gasteiger partial charge is 0.497 e. The number of rotatable bonds is 9. The van der Waals surface area contributed by atoms with E-state index in [1.807, 2.05) is 72.8 Å². The summed E-state index contributed by atoms with van der Waals surface area (Å²) < 4.78 is 22.5. The van der Waals surface area contributed by atoms with Gasteiger partial charge in [-0.25, -0.2) is 0 Å². The predicted octanol–water partition coefficient (Wildman–Crippen LogP) is 6.06. The molecule has 7 nitrogen and oxygen atoms in total. The van der Waals surface area contributed by atoms with E-state index >= 15 is 0 Å². The van der Waals surface area contributed by atoms with Crippen molar-refractivity contribution in [2.45, 2.75) is 38.2 Å². The Morgan fingerprint density at radius 1 is 0.927 bits per heavy atom. The molecule has 3 unspecified atom stereocenters. The van der Waals surface area contributed by atoms with Gasteiger partial charge in [0, 0.05) is 29.3 Å². The van der Waals surface area contributed by atoms with Crippen molar-refractivity contribution >= 4 is 11.8 Å². The van der Waals surface area contributed by atoms with E-state index < -0.39 is 17.8 Å².